The third-order valence-electron chi connectivity index (χ3n) is 5.26. The van der Waals surface area contributed by atoms with Crippen LogP contribution in [0.5, 0.6) is 0 Å². The van der Waals surface area contributed by atoms with Crippen LogP contribution in [-0.2, 0) is 22.7 Å². The first kappa shape index (κ1) is 24.5. The Hall–Kier alpha value is -2.60. The molecule has 0 unspecified atom stereocenters. The number of aromatic nitrogens is 2. The molecule has 4 rings (SSSR count). The molecule has 11 heteroatoms. The van der Waals surface area contributed by atoms with Crippen molar-refractivity contribution in [3.63, 3.8) is 0 Å². The van der Waals surface area contributed by atoms with Crippen molar-refractivity contribution in [2.24, 2.45) is 0 Å². The van der Waals surface area contributed by atoms with E-state index in [1.807, 2.05) is 31.2 Å². The number of amides is 1. The second-order valence-corrected chi connectivity index (χ2v) is 11.0. The zero-order valence-electron chi connectivity index (χ0n) is 18.5. The van der Waals surface area contributed by atoms with Crippen LogP contribution in [0.3, 0.4) is 0 Å². The molecule has 1 amide bonds. The maximum atomic E-state index is 13.1. The third kappa shape index (κ3) is 4.65. The number of carboxylic acid groups (broad SMARTS) is 1. The summed E-state index contributed by atoms with van der Waals surface area (Å²) in [5.74, 6) is -1.26. The number of aliphatic carboxylic acids is 1. The zero-order chi connectivity index (χ0) is 24.4. The highest BCUT2D eigenvalue weighted by molar-refractivity contribution is 8.30. The lowest BCUT2D eigenvalue weighted by atomic mass is 10.3. The fourth-order valence-electron chi connectivity index (χ4n) is 3.63. The molecule has 0 spiro atoms. The molecule has 0 saturated carbocycles. The van der Waals surface area contributed by atoms with Crippen LogP contribution in [0.4, 0.5) is 0 Å². The van der Waals surface area contributed by atoms with Crippen LogP contribution in [0.1, 0.15) is 25.3 Å². The first-order valence-corrected chi connectivity index (χ1v) is 13.5. The number of allylic oxidation sites excluding steroid dienone is 1. The molecule has 1 aliphatic heterocycles. The zero-order valence-corrected chi connectivity index (χ0v) is 21.8. The van der Waals surface area contributed by atoms with Crippen LogP contribution in [-0.4, -0.2) is 37.3 Å². The van der Waals surface area contributed by atoms with Gasteiger partial charge in [-0.3, -0.25) is 23.9 Å². The summed E-state index contributed by atoms with van der Waals surface area (Å²) in [4.78, 5) is 39.0. The van der Waals surface area contributed by atoms with E-state index in [9.17, 15) is 14.4 Å². The van der Waals surface area contributed by atoms with Crippen LogP contribution in [0.2, 0.25) is 0 Å². The summed E-state index contributed by atoms with van der Waals surface area (Å²) >= 11 is 9.32. The third-order valence-corrected chi connectivity index (χ3v) is 9.10. The molecule has 7 nitrogen and oxygen atoms in total. The first-order valence-electron chi connectivity index (χ1n) is 10.6. The molecule has 1 fully saturated rings. The van der Waals surface area contributed by atoms with Crippen LogP contribution in [0, 0.1) is 0 Å². The molecule has 1 aliphatic rings. The number of thiocarbonyl (C=S) groups is 1. The highest BCUT2D eigenvalue weighted by atomic mass is 32.2. The van der Waals surface area contributed by atoms with E-state index in [1.165, 1.54) is 25.5 Å². The topological polar surface area (TPSA) is 83.5 Å². The van der Waals surface area contributed by atoms with Gasteiger partial charge in [0.1, 0.15) is 25.1 Å². The number of thiazole rings is 2. The number of benzene rings is 1. The summed E-state index contributed by atoms with van der Waals surface area (Å²) in [6, 6.07) is 8.19. The van der Waals surface area contributed by atoms with E-state index >= 15 is 0 Å². The van der Waals surface area contributed by atoms with Crippen LogP contribution >= 0.6 is 46.7 Å². The molecule has 34 heavy (non-hydrogen) atoms. The lowest BCUT2D eigenvalue weighted by Crippen LogP contribution is -2.34. The molecule has 0 atom stereocenters. The van der Waals surface area contributed by atoms with E-state index in [0.29, 0.717) is 25.0 Å². The van der Waals surface area contributed by atoms with E-state index < -0.39 is 5.97 Å². The quantitative estimate of drug-likeness (QED) is 0.372. The summed E-state index contributed by atoms with van der Waals surface area (Å²) in [7, 11) is 0. The fraction of sp³-hybridized carbons (Fsp3) is 0.261. The van der Waals surface area contributed by atoms with Gasteiger partial charge >= 0.3 is 5.97 Å². The van der Waals surface area contributed by atoms with E-state index in [4.69, 9.17) is 17.3 Å². The van der Waals surface area contributed by atoms with Gasteiger partial charge < -0.3 is 5.11 Å². The van der Waals surface area contributed by atoms with Gasteiger partial charge in [0.15, 0.2) is 0 Å². The Bertz CT molecular complexity index is 1510. The number of rotatable bonds is 7. The number of aryl methyl sites for hydroxylation is 1. The summed E-state index contributed by atoms with van der Waals surface area (Å²) in [5.41, 5.74) is 0.848. The summed E-state index contributed by atoms with van der Waals surface area (Å²) in [6.45, 7) is 5.16. The molecule has 176 valence electrons. The number of carbonyl (C=O) groups is 2. The van der Waals surface area contributed by atoms with Crippen molar-refractivity contribution >= 4 is 90.1 Å². The van der Waals surface area contributed by atoms with Crippen molar-refractivity contribution in [1.82, 2.24) is 9.47 Å². The Morgan fingerprint density at radius 2 is 1.97 bits per heavy atom. The maximum Gasteiger partial charge on any atom is 0.305 e. The minimum atomic E-state index is -1.01. The second kappa shape index (κ2) is 10.3. The number of hydrogen-bond acceptors (Lipinski definition) is 7. The van der Waals surface area contributed by atoms with Gasteiger partial charge in [-0.1, -0.05) is 53.5 Å². The number of thioether (sulfide) groups is 1. The molecule has 3 heterocycles. The highest BCUT2D eigenvalue weighted by Crippen LogP contribution is 2.30. The van der Waals surface area contributed by atoms with Crippen molar-refractivity contribution in [3.05, 3.63) is 54.9 Å². The first-order chi connectivity index (χ1) is 16.3. The normalized spacial score (nSPS) is 16.5. The number of hydrogen-bond donors (Lipinski definition) is 1. The van der Waals surface area contributed by atoms with Crippen LogP contribution < -0.4 is 19.3 Å². The van der Waals surface area contributed by atoms with Gasteiger partial charge in [-0.05, 0) is 26.0 Å². The van der Waals surface area contributed by atoms with E-state index in [1.54, 1.807) is 17.4 Å². The SMILES string of the molecule is CCN1C(=O)C(=c2sc(=CC=Cc3sc4ccccc4[n+]3CC)c(=O)n2CCC(=O)O)SC1=S. The van der Waals surface area contributed by atoms with Crippen molar-refractivity contribution in [1.29, 1.82) is 0 Å². The molecule has 0 aliphatic carbocycles. The fourth-order valence-corrected chi connectivity index (χ4v) is 7.39. The predicted octanol–water partition coefficient (Wildman–Crippen LogP) is 2.39. The number of nitrogens with zero attached hydrogens (tertiary/aromatic N) is 3. The van der Waals surface area contributed by atoms with Gasteiger partial charge in [-0.2, -0.15) is 4.57 Å². The molecule has 0 radical (unpaired) electrons. The molecule has 1 N–H and O–H groups in total. The van der Waals surface area contributed by atoms with Crippen LogP contribution in [0.25, 0.3) is 27.3 Å². The minimum Gasteiger partial charge on any atom is -0.481 e. The standard InChI is InChI=1S/C23H21N3O4S4/c1-3-24-14-8-5-6-9-15(14)32-17(24)11-7-10-16-20(29)26(13-12-18(27)28)22(33-16)19-21(30)25(4-2)23(31)34-19/h5-11H,3-4,12-13H2,1-2H3/p+1. The summed E-state index contributed by atoms with van der Waals surface area (Å²) < 4.78 is 6.09. The molecular formula is C23H22N3O4S4+. The Morgan fingerprint density at radius 1 is 1.21 bits per heavy atom. The largest absolute Gasteiger partial charge is 0.481 e. The van der Waals surface area contributed by atoms with Crippen LogP contribution in [0.15, 0.2) is 35.1 Å². The summed E-state index contributed by atoms with van der Waals surface area (Å²) in [6.07, 6.45) is 5.29. The number of fused-ring (bicyclic) bond motifs is 1. The Kier molecular flexibility index (Phi) is 7.46. The lowest BCUT2D eigenvalue weighted by molar-refractivity contribution is -0.665. The van der Waals surface area contributed by atoms with Crippen molar-refractivity contribution in [3.8, 4) is 0 Å². The van der Waals surface area contributed by atoms with E-state index in [0.717, 1.165) is 28.8 Å². The molecule has 0 bridgehead atoms. The Balaban J connectivity index is 1.81. The molecule has 1 saturated heterocycles. The Morgan fingerprint density at radius 3 is 2.65 bits per heavy atom. The van der Waals surface area contributed by atoms with Gasteiger partial charge in [0.05, 0.1) is 11.0 Å². The average molecular weight is 533 g/mol. The van der Waals surface area contributed by atoms with E-state index in [-0.39, 0.29) is 24.4 Å². The minimum absolute atomic E-state index is 0.0140. The molecule has 3 aromatic rings. The molecule has 2 aromatic heterocycles. The smallest absolute Gasteiger partial charge is 0.305 e. The van der Waals surface area contributed by atoms with Crippen molar-refractivity contribution in [2.45, 2.75) is 33.4 Å². The maximum absolute atomic E-state index is 13.1. The van der Waals surface area contributed by atoms with Gasteiger partial charge in [-0.25, -0.2) is 0 Å². The highest BCUT2D eigenvalue weighted by Gasteiger charge is 2.33. The van der Waals surface area contributed by atoms with Gasteiger partial charge in [0, 0.05) is 25.2 Å². The molecule has 1 aromatic carbocycles. The second-order valence-electron chi connectivity index (χ2n) is 7.30. The van der Waals surface area contributed by atoms with Gasteiger partial charge in [-0.15, -0.1) is 11.3 Å². The summed E-state index contributed by atoms with van der Waals surface area (Å²) in [5, 5.41) is 10.2. The number of carbonyl (C=O) groups excluding carboxylic acids is 1. The average Bonchev–Trinajstić information content (AvgIpc) is 3.42. The van der Waals surface area contributed by atoms with Gasteiger partial charge in [0.25, 0.3) is 16.5 Å². The number of carboxylic acids is 1. The predicted molar refractivity (Wildman–Crippen MR) is 142 cm³/mol. The number of para-hydroxylation sites is 1. The monoisotopic (exact) mass is 532 g/mol. The van der Waals surface area contributed by atoms with Crippen molar-refractivity contribution < 1.29 is 19.3 Å². The van der Waals surface area contributed by atoms with E-state index in [2.05, 4.69) is 23.6 Å². The molecular weight excluding hydrogens is 511 g/mol. The van der Waals surface area contributed by atoms with Crippen molar-refractivity contribution in [2.75, 3.05) is 6.54 Å². The Labute approximate surface area is 213 Å². The lowest BCUT2D eigenvalue weighted by Gasteiger charge is -2.09. The van der Waals surface area contributed by atoms with Gasteiger partial charge in [0.2, 0.25) is 5.52 Å².